The Balaban J connectivity index is 3.80. The van der Waals surface area contributed by atoms with E-state index in [4.69, 9.17) is 4.74 Å². The normalized spacial score (nSPS) is 10.7. The van der Waals surface area contributed by atoms with Crippen LogP contribution in [0, 0.1) is 23.7 Å². The van der Waals surface area contributed by atoms with Crippen LogP contribution in [0.5, 0.6) is 0 Å². The molecule has 2 nitrogen and oxygen atoms in total. The second-order valence-corrected chi connectivity index (χ2v) is 4.44. The molecule has 112 valence electrons. The molecule has 0 saturated carbocycles. The number of ether oxygens (including phenoxy) is 1. The Hall–Kier alpha value is -2.19. The van der Waals surface area contributed by atoms with Gasteiger partial charge in [-0.1, -0.05) is 37.1 Å². The standard InChI is InChI=1S/C19H24O2/c1-4-6-7-8-9-10-11-12-13-14-15-16-17-19(5-2)21-18(3)20/h4-5,11-12,19H,1-2,6-10,13H2,3H3/b12-11-/t19-/m0/s1. The Morgan fingerprint density at radius 3 is 2.57 bits per heavy atom. The van der Waals surface area contributed by atoms with E-state index in [1.807, 2.05) is 6.08 Å². The third-order valence-electron chi connectivity index (χ3n) is 2.54. The molecule has 0 amide bonds. The van der Waals surface area contributed by atoms with E-state index in [0.29, 0.717) is 6.42 Å². The van der Waals surface area contributed by atoms with E-state index in [2.05, 4.69) is 49.0 Å². The second-order valence-electron chi connectivity index (χ2n) is 4.44. The molecule has 0 rings (SSSR count). The maximum absolute atomic E-state index is 10.7. The maximum Gasteiger partial charge on any atom is 0.304 e. The predicted molar refractivity (Wildman–Crippen MR) is 88.3 cm³/mol. The molecule has 0 unspecified atom stereocenters. The van der Waals surface area contributed by atoms with Crippen molar-refractivity contribution in [1.29, 1.82) is 0 Å². The molecule has 0 aliphatic carbocycles. The van der Waals surface area contributed by atoms with Gasteiger partial charge in [0.25, 0.3) is 0 Å². The fourth-order valence-electron chi connectivity index (χ4n) is 1.51. The highest BCUT2D eigenvalue weighted by atomic mass is 16.5. The van der Waals surface area contributed by atoms with E-state index < -0.39 is 6.10 Å². The zero-order valence-corrected chi connectivity index (χ0v) is 12.9. The van der Waals surface area contributed by atoms with Crippen molar-refractivity contribution in [3.8, 4) is 23.7 Å². The SMILES string of the molecule is C=CCCCCC/C=C\CC#CC#C[C@H](C=C)OC(C)=O. The number of carbonyl (C=O) groups is 1. The highest BCUT2D eigenvalue weighted by molar-refractivity contribution is 5.66. The van der Waals surface area contributed by atoms with Crippen LogP contribution in [0.1, 0.15) is 45.4 Å². The van der Waals surface area contributed by atoms with Gasteiger partial charge in [-0.3, -0.25) is 4.79 Å². The summed E-state index contributed by atoms with van der Waals surface area (Å²) >= 11 is 0. The molecule has 0 aromatic heterocycles. The number of carbonyl (C=O) groups excluding carboxylic acids is 1. The maximum atomic E-state index is 10.7. The average Bonchev–Trinajstić information content (AvgIpc) is 2.46. The monoisotopic (exact) mass is 284 g/mol. The first-order valence-electron chi connectivity index (χ1n) is 7.24. The van der Waals surface area contributed by atoms with Gasteiger partial charge in [0.1, 0.15) is 0 Å². The highest BCUT2D eigenvalue weighted by Gasteiger charge is 2.00. The van der Waals surface area contributed by atoms with Gasteiger partial charge in [0.15, 0.2) is 6.10 Å². The molecular weight excluding hydrogens is 260 g/mol. The minimum atomic E-state index is -0.581. The number of hydrogen-bond donors (Lipinski definition) is 0. The first-order chi connectivity index (χ1) is 10.2. The number of rotatable bonds is 9. The van der Waals surface area contributed by atoms with Gasteiger partial charge in [-0.05, 0) is 49.5 Å². The molecule has 0 heterocycles. The molecule has 0 aliphatic rings. The van der Waals surface area contributed by atoms with Gasteiger partial charge in [-0.2, -0.15) is 0 Å². The number of hydrogen-bond acceptors (Lipinski definition) is 2. The quantitative estimate of drug-likeness (QED) is 0.274. The first-order valence-corrected chi connectivity index (χ1v) is 7.24. The summed E-state index contributed by atoms with van der Waals surface area (Å²) in [6, 6.07) is 0. The van der Waals surface area contributed by atoms with Crippen molar-refractivity contribution in [2.75, 3.05) is 0 Å². The first kappa shape index (κ1) is 18.8. The Bertz CT molecular complexity index is 463. The summed E-state index contributed by atoms with van der Waals surface area (Å²) in [6.07, 6.45) is 13.6. The number of allylic oxidation sites excluding steroid dienone is 3. The third-order valence-corrected chi connectivity index (χ3v) is 2.54. The molecule has 0 spiro atoms. The largest absolute Gasteiger partial charge is 0.445 e. The lowest BCUT2D eigenvalue weighted by Gasteiger charge is -2.03. The van der Waals surface area contributed by atoms with Crippen molar-refractivity contribution in [2.24, 2.45) is 0 Å². The van der Waals surface area contributed by atoms with Crippen LogP contribution in [0.2, 0.25) is 0 Å². The molecule has 0 aromatic carbocycles. The van der Waals surface area contributed by atoms with E-state index in [1.54, 1.807) is 0 Å². The fourth-order valence-corrected chi connectivity index (χ4v) is 1.51. The molecule has 0 bridgehead atoms. The molecule has 2 heteroatoms. The van der Waals surface area contributed by atoms with Gasteiger partial charge < -0.3 is 4.74 Å². The summed E-state index contributed by atoms with van der Waals surface area (Å²) in [5.41, 5.74) is 0. The van der Waals surface area contributed by atoms with Crippen molar-refractivity contribution >= 4 is 5.97 Å². The van der Waals surface area contributed by atoms with Crippen LogP contribution in [0.25, 0.3) is 0 Å². The zero-order valence-electron chi connectivity index (χ0n) is 12.9. The van der Waals surface area contributed by atoms with E-state index in [9.17, 15) is 4.79 Å². The van der Waals surface area contributed by atoms with Gasteiger partial charge in [-0.25, -0.2) is 0 Å². The molecule has 21 heavy (non-hydrogen) atoms. The summed E-state index contributed by atoms with van der Waals surface area (Å²) in [5, 5.41) is 0. The molecule has 1 atom stereocenters. The lowest BCUT2D eigenvalue weighted by molar-refractivity contribution is -0.142. The summed E-state index contributed by atoms with van der Waals surface area (Å²) in [7, 11) is 0. The van der Waals surface area contributed by atoms with Crippen LogP contribution >= 0.6 is 0 Å². The van der Waals surface area contributed by atoms with Crippen molar-refractivity contribution in [1.82, 2.24) is 0 Å². The van der Waals surface area contributed by atoms with Crippen LogP contribution < -0.4 is 0 Å². The predicted octanol–water partition coefficient (Wildman–Crippen LogP) is 4.19. The molecule has 0 radical (unpaired) electrons. The molecule has 0 fully saturated rings. The van der Waals surface area contributed by atoms with Gasteiger partial charge in [0, 0.05) is 13.3 Å². The van der Waals surface area contributed by atoms with Gasteiger partial charge in [-0.15, -0.1) is 6.58 Å². The lowest BCUT2D eigenvalue weighted by Crippen LogP contribution is -2.10. The van der Waals surface area contributed by atoms with Gasteiger partial charge in [0.2, 0.25) is 0 Å². The topological polar surface area (TPSA) is 26.3 Å². The fraction of sp³-hybridized carbons (Fsp3) is 0.421. The van der Waals surface area contributed by atoms with Gasteiger partial charge >= 0.3 is 5.97 Å². The van der Waals surface area contributed by atoms with Crippen LogP contribution in [-0.2, 0) is 9.53 Å². The Labute approximate surface area is 129 Å². The molecule has 0 N–H and O–H groups in total. The van der Waals surface area contributed by atoms with Crippen molar-refractivity contribution in [3.05, 3.63) is 37.5 Å². The van der Waals surface area contributed by atoms with Crippen molar-refractivity contribution in [2.45, 2.75) is 51.6 Å². The number of esters is 1. The summed E-state index contributed by atoms with van der Waals surface area (Å²) in [4.78, 5) is 10.7. The second kappa shape index (κ2) is 14.2. The van der Waals surface area contributed by atoms with E-state index in [1.165, 1.54) is 32.3 Å². The lowest BCUT2D eigenvalue weighted by atomic mass is 10.1. The van der Waals surface area contributed by atoms with Crippen LogP contribution in [0.15, 0.2) is 37.5 Å². The van der Waals surface area contributed by atoms with Crippen LogP contribution in [-0.4, -0.2) is 12.1 Å². The molecule has 0 aliphatic heterocycles. The van der Waals surface area contributed by atoms with Crippen molar-refractivity contribution in [3.63, 3.8) is 0 Å². The van der Waals surface area contributed by atoms with Crippen molar-refractivity contribution < 1.29 is 9.53 Å². The van der Waals surface area contributed by atoms with E-state index >= 15 is 0 Å². The van der Waals surface area contributed by atoms with Crippen LogP contribution in [0.4, 0.5) is 0 Å². The minimum Gasteiger partial charge on any atom is -0.445 e. The van der Waals surface area contributed by atoms with Gasteiger partial charge in [0.05, 0.1) is 0 Å². The third kappa shape index (κ3) is 14.0. The molecular formula is C19H24O2. The van der Waals surface area contributed by atoms with Crippen LogP contribution in [0.3, 0.4) is 0 Å². The minimum absolute atomic E-state index is 0.377. The molecule has 0 saturated heterocycles. The highest BCUT2D eigenvalue weighted by Crippen LogP contribution is 2.03. The summed E-state index contributed by atoms with van der Waals surface area (Å²) in [6.45, 7) is 8.59. The summed E-state index contributed by atoms with van der Waals surface area (Å²) in [5.74, 6) is 10.7. The average molecular weight is 284 g/mol. The summed E-state index contributed by atoms with van der Waals surface area (Å²) < 4.78 is 4.88. The Kier molecular flexibility index (Phi) is 12.7. The Morgan fingerprint density at radius 2 is 1.90 bits per heavy atom. The number of unbranched alkanes of at least 4 members (excludes halogenated alkanes) is 4. The molecule has 0 aromatic rings. The van der Waals surface area contributed by atoms with E-state index in [-0.39, 0.29) is 5.97 Å². The van der Waals surface area contributed by atoms with E-state index in [0.717, 1.165) is 12.8 Å². The zero-order chi connectivity index (χ0) is 15.8. The Morgan fingerprint density at radius 1 is 1.14 bits per heavy atom. The smallest absolute Gasteiger partial charge is 0.304 e.